The first kappa shape index (κ1) is 21.4. The Balaban J connectivity index is 1.40. The summed E-state index contributed by atoms with van der Waals surface area (Å²) < 4.78 is 44.3. The molecule has 3 rings (SSSR count). The molecule has 1 aromatic carbocycles. The molecule has 5 heteroatoms. The number of methoxy groups -OCH3 is 1. The Morgan fingerprint density at radius 3 is 2.29 bits per heavy atom. The predicted octanol–water partition coefficient (Wildman–Crippen LogP) is 6.14. The van der Waals surface area contributed by atoms with Crippen molar-refractivity contribution in [1.82, 2.24) is 0 Å². The molecular weight excluding hydrogens is 362 g/mol. The van der Waals surface area contributed by atoms with E-state index >= 15 is 0 Å². The Kier molecular flexibility index (Phi) is 7.95. The van der Waals surface area contributed by atoms with Crippen LogP contribution in [0.25, 0.3) is 0 Å². The molecule has 1 saturated carbocycles. The van der Waals surface area contributed by atoms with E-state index in [0.29, 0.717) is 24.5 Å². The summed E-state index contributed by atoms with van der Waals surface area (Å²) in [5.41, 5.74) is 0. The summed E-state index contributed by atoms with van der Waals surface area (Å²) >= 11 is 0. The topological polar surface area (TPSA) is 27.7 Å². The summed E-state index contributed by atoms with van der Waals surface area (Å²) in [6.07, 6.45) is 11.2. The lowest BCUT2D eigenvalue weighted by Gasteiger charge is -2.37. The van der Waals surface area contributed by atoms with Crippen molar-refractivity contribution in [1.29, 1.82) is 0 Å². The third-order valence-electron chi connectivity index (χ3n) is 6.55. The molecule has 2 aliphatic rings. The van der Waals surface area contributed by atoms with Crippen molar-refractivity contribution in [3.8, 4) is 11.5 Å². The van der Waals surface area contributed by atoms with Crippen LogP contribution in [-0.4, -0.2) is 26.4 Å². The monoisotopic (exact) mass is 396 g/mol. The van der Waals surface area contributed by atoms with Gasteiger partial charge in [0, 0.05) is 0 Å². The molecule has 2 unspecified atom stereocenters. The smallest absolute Gasteiger partial charge is 0.204 e. The second-order valence-corrected chi connectivity index (χ2v) is 8.42. The number of unbranched alkanes of at least 4 members (excludes halogenated alkanes) is 1. The third-order valence-corrected chi connectivity index (χ3v) is 6.55. The maximum absolute atomic E-state index is 14.0. The van der Waals surface area contributed by atoms with Crippen LogP contribution in [0, 0.1) is 29.4 Å². The Morgan fingerprint density at radius 2 is 1.64 bits per heavy atom. The van der Waals surface area contributed by atoms with Gasteiger partial charge in [-0.1, -0.05) is 19.8 Å². The molecule has 1 aromatic rings. The van der Waals surface area contributed by atoms with Crippen molar-refractivity contribution in [3.05, 3.63) is 23.8 Å². The molecule has 0 bridgehead atoms. The number of hydrogen-bond acceptors (Lipinski definition) is 3. The Hall–Kier alpha value is -1.36. The maximum Gasteiger partial charge on any atom is 0.204 e. The molecule has 1 aliphatic heterocycles. The van der Waals surface area contributed by atoms with E-state index < -0.39 is 11.6 Å². The fourth-order valence-electron chi connectivity index (χ4n) is 4.67. The molecule has 1 aliphatic carbocycles. The molecule has 0 radical (unpaired) electrons. The fourth-order valence-corrected chi connectivity index (χ4v) is 4.67. The quantitative estimate of drug-likeness (QED) is 0.528. The lowest BCUT2D eigenvalue weighted by molar-refractivity contribution is -0.0433. The van der Waals surface area contributed by atoms with Crippen LogP contribution in [-0.2, 0) is 4.74 Å². The summed E-state index contributed by atoms with van der Waals surface area (Å²) in [5, 5.41) is 0. The number of benzene rings is 1. The Bertz CT molecular complexity index is 606. The van der Waals surface area contributed by atoms with Crippen LogP contribution in [0.3, 0.4) is 0 Å². The van der Waals surface area contributed by atoms with Gasteiger partial charge < -0.3 is 14.2 Å². The van der Waals surface area contributed by atoms with Gasteiger partial charge in [0.25, 0.3) is 0 Å². The van der Waals surface area contributed by atoms with Gasteiger partial charge in [0.2, 0.25) is 11.6 Å². The van der Waals surface area contributed by atoms with Gasteiger partial charge in [-0.15, -0.1) is 0 Å². The lowest BCUT2D eigenvalue weighted by atomic mass is 9.74. The van der Waals surface area contributed by atoms with Crippen LogP contribution in [0.5, 0.6) is 11.5 Å². The van der Waals surface area contributed by atoms with E-state index in [2.05, 4.69) is 6.92 Å². The molecular formula is C23H34F2O3. The fraction of sp³-hybridized carbons (Fsp3) is 0.739. The number of halogens is 2. The summed E-state index contributed by atoms with van der Waals surface area (Å²) in [6, 6.07) is 2.85. The van der Waals surface area contributed by atoms with Crippen LogP contribution < -0.4 is 9.47 Å². The van der Waals surface area contributed by atoms with E-state index in [9.17, 15) is 8.78 Å². The van der Waals surface area contributed by atoms with Gasteiger partial charge in [0.15, 0.2) is 11.5 Å². The molecule has 0 aromatic heterocycles. The first-order chi connectivity index (χ1) is 13.6. The summed E-state index contributed by atoms with van der Waals surface area (Å²) in [7, 11) is 1.32. The average molecular weight is 397 g/mol. The second-order valence-electron chi connectivity index (χ2n) is 8.42. The van der Waals surface area contributed by atoms with E-state index in [4.69, 9.17) is 14.2 Å². The molecule has 3 nitrogen and oxygen atoms in total. The van der Waals surface area contributed by atoms with E-state index in [1.165, 1.54) is 64.2 Å². The summed E-state index contributed by atoms with van der Waals surface area (Å²) in [4.78, 5) is 0. The van der Waals surface area contributed by atoms with Gasteiger partial charge in [-0.25, -0.2) is 0 Å². The normalized spacial score (nSPS) is 28.1. The molecule has 0 N–H and O–H groups in total. The van der Waals surface area contributed by atoms with Crippen molar-refractivity contribution >= 4 is 0 Å². The third kappa shape index (κ3) is 5.37. The Labute approximate surface area is 167 Å². The highest BCUT2D eigenvalue weighted by Gasteiger charge is 2.31. The van der Waals surface area contributed by atoms with E-state index in [-0.39, 0.29) is 11.5 Å². The largest absolute Gasteiger partial charge is 0.494 e. The van der Waals surface area contributed by atoms with Crippen molar-refractivity contribution in [2.75, 3.05) is 20.3 Å². The van der Waals surface area contributed by atoms with Gasteiger partial charge in [0.05, 0.1) is 26.4 Å². The number of hydrogen-bond donors (Lipinski definition) is 0. The molecule has 158 valence electrons. The lowest BCUT2D eigenvalue weighted by Crippen LogP contribution is -2.33. The van der Waals surface area contributed by atoms with Crippen LogP contribution in [0.1, 0.15) is 64.7 Å². The molecule has 1 saturated heterocycles. The van der Waals surface area contributed by atoms with Crippen molar-refractivity contribution in [3.63, 3.8) is 0 Å². The zero-order valence-corrected chi connectivity index (χ0v) is 17.2. The van der Waals surface area contributed by atoms with Crippen molar-refractivity contribution < 1.29 is 23.0 Å². The first-order valence-electron chi connectivity index (χ1n) is 10.9. The molecule has 0 spiro atoms. The first-order valence-corrected chi connectivity index (χ1v) is 10.9. The van der Waals surface area contributed by atoms with Crippen molar-refractivity contribution in [2.45, 2.75) is 70.8 Å². The van der Waals surface area contributed by atoms with Crippen molar-refractivity contribution in [2.24, 2.45) is 17.8 Å². The molecule has 2 fully saturated rings. The van der Waals surface area contributed by atoms with E-state index in [1.807, 2.05) is 0 Å². The summed E-state index contributed by atoms with van der Waals surface area (Å²) in [6.45, 7) is 3.58. The minimum atomic E-state index is -0.988. The minimum Gasteiger partial charge on any atom is -0.494 e. The van der Waals surface area contributed by atoms with Gasteiger partial charge in [-0.3, -0.25) is 0 Å². The highest BCUT2D eigenvalue weighted by molar-refractivity contribution is 5.34. The van der Waals surface area contributed by atoms with E-state index in [0.717, 1.165) is 25.4 Å². The number of rotatable bonds is 8. The van der Waals surface area contributed by atoms with Gasteiger partial charge in [0.1, 0.15) is 0 Å². The molecule has 1 heterocycles. The SMILES string of the molecule is CCCCC1CCC(C2CCC(COc3ccc(OC)c(F)c3F)CC2)CO1. The molecule has 28 heavy (non-hydrogen) atoms. The molecule has 0 amide bonds. The predicted molar refractivity (Wildman–Crippen MR) is 106 cm³/mol. The standard InChI is InChI=1S/C23H34F2O3/c1-3-4-5-19-11-10-18(15-27-19)17-8-6-16(7-9-17)14-28-21-13-12-20(26-2)22(24)23(21)25/h12-13,16-19H,3-11,14-15H2,1-2H3. The van der Waals surface area contributed by atoms with E-state index in [1.54, 1.807) is 0 Å². The zero-order valence-electron chi connectivity index (χ0n) is 17.2. The minimum absolute atomic E-state index is 0.0285. The van der Waals surface area contributed by atoms with Crippen LogP contribution in [0.15, 0.2) is 12.1 Å². The average Bonchev–Trinajstić information content (AvgIpc) is 2.74. The van der Waals surface area contributed by atoms with Gasteiger partial charge >= 0.3 is 0 Å². The summed E-state index contributed by atoms with van der Waals surface area (Å²) in [5.74, 6) is -0.256. The maximum atomic E-state index is 14.0. The van der Waals surface area contributed by atoms with Crippen LogP contribution in [0.2, 0.25) is 0 Å². The van der Waals surface area contributed by atoms with Gasteiger partial charge in [-0.2, -0.15) is 8.78 Å². The Morgan fingerprint density at radius 1 is 0.964 bits per heavy atom. The highest BCUT2D eigenvalue weighted by atomic mass is 19.2. The molecule has 2 atom stereocenters. The second kappa shape index (κ2) is 10.4. The number of ether oxygens (including phenoxy) is 3. The van der Waals surface area contributed by atoms with Crippen LogP contribution in [0.4, 0.5) is 8.78 Å². The van der Waals surface area contributed by atoms with Gasteiger partial charge in [-0.05, 0) is 74.8 Å². The van der Waals surface area contributed by atoms with Crippen LogP contribution >= 0.6 is 0 Å². The zero-order chi connectivity index (χ0) is 19.9. The highest BCUT2D eigenvalue weighted by Crippen LogP contribution is 2.38.